The predicted molar refractivity (Wildman–Crippen MR) is 104 cm³/mol. The summed E-state index contributed by atoms with van der Waals surface area (Å²) in [5, 5.41) is 7.75. The highest BCUT2D eigenvalue weighted by Crippen LogP contribution is 2.49. The van der Waals surface area contributed by atoms with Crippen LogP contribution in [0.4, 0.5) is 5.69 Å². The highest BCUT2D eigenvalue weighted by atomic mass is 35.5. The van der Waals surface area contributed by atoms with E-state index in [0.29, 0.717) is 22.2 Å². The molecule has 2 aromatic carbocycles. The zero-order chi connectivity index (χ0) is 19.0. The van der Waals surface area contributed by atoms with E-state index in [4.69, 9.17) is 20.9 Å². The van der Waals surface area contributed by atoms with E-state index in [0.717, 1.165) is 29.7 Å². The van der Waals surface area contributed by atoms with Crippen molar-refractivity contribution in [1.82, 2.24) is 5.16 Å². The molecule has 1 fully saturated rings. The summed E-state index contributed by atoms with van der Waals surface area (Å²) in [4.78, 5) is 12.9. The number of aromatic nitrogens is 1. The van der Waals surface area contributed by atoms with Crippen LogP contribution in [0.25, 0.3) is 11.3 Å². The van der Waals surface area contributed by atoms with E-state index in [1.54, 1.807) is 13.2 Å². The van der Waals surface area contributed by atoms with Crippen molar-refractivity contribution < 1.29 is 14.1 Å². The van der Waals surface area contributed by atoms with Gasteiger partial charge < -0.3 is 14.6 Å². The molecule has 0 unspecified atom stereocenters. The molecule has 0 radical (unpaired) electrons. The van der Waals surface area contributed by atoms with Gasteiger partial charge in [-0.15, -0.1) is 0 Å². The molecule has 27 heavy (non-hydrogen) atoms. The number of nitrogens with zero attached hydrogens (tertiary/aromatic N) is 1. The number of aryl methyl sites for hydroxylation is 1. The Morgan fingerprint density at radius 2 is 2.04 bits per heavy atom. The van der Waals surface area contributed by atoms with E-state index in [2.05, 4.69) is 10.5 Å². The maximum atomic E-state index is 12.9. The van der Waals surface area contributed by atoms with Gasteiger partial charge >= 0.3 is 0 Å². The molecular weight excluding hydrogens is 364 g/mol. The van der Waals surface area contributed by atoms with Gasteiger partial charge in [-0.2, -0.15) is 0 Å². The number of carbonyl (C=O) groups excluding carboxylic acids is 1. The van der Waals surface area contributed by atoms with Crippen LogP contribution in [0, 0.1) is 6.92 Å². The van der Waals surface area contributed by atoms with Crippen molar-refractivity contribution in [2.75, 3.05) is 12.4 Å². The molecule has 5 nitrogen and oxygen atoms in total. The Labute approximate surface area is 162 Å². The number of rotatable bonds is 5. The van der Waals surface area contributed by atoms with Crippen molar-refractivity contribution in [3.05, 3.63) is 64.8 Å². The third kappa shape index (κ3) is 3.30. The molecule has 1 aliphatic carbocycles. The van der Waals surface area contributed by atoms with E-state index in [1.807, 2.05) is 49.4 Å². The van der Waals surface area contributed by atoms with Crippen molar-refractivity contribution >= 4 is 23.2 Å². The van der Waals surface area contributed by atoms with E-state index >= 15 is 0 Å². The molecule has 1 heterocycles. The average Bonchev–Trinajstić information content (AvgIpc) is 3.34. The molecule has 0 bridgehead atoms. The summed E-state index contributed by atoms with van der Waals surface area (Å²) in [6.45, 7) is 1.92. The number of carbonyl (C=O) groups is 1. The van der Waals surface area contributed by atoms with Crippen molar-refractivity contribution in [2.24, 2.45) is 0 Å². The second-order valence-electron chi connectivity index (χ2n) is 6.81. The van der Waals surface area contributed by atoms with E-state index in [9.17, 15) is 4.79 Å². The Morgan fingerprint density at radius 3 is 2.74 bits per heavy atom. The smallest absolute Gasteiger partial charge is 0.236 e. The van der Waals surface area contributed by atoms with Crippen LogP contribution < -0.4 is 10.1 Å². The molecule has 1 saturated carbocycles. The minimum Gasteiger partial charge on any atom is -0.497 e. The van der Waals surface area contributed by atoms with Crippen LogP contribution in [0.2, 0.25) is 5.02 Å². The Balaban J connectivity index is 1.56. The highest BCUT2D eigenvalue weighted by molar-refractivity contribution is 6.31. The third-order valence-corrected chi connectivity index (χ3v) is 5.38. The number of nitrogens with one attached hydrogen (secondary N) is 1. The summed E-state index contributed by atoms with van der Waals surface area (Å²) in [6.07, 6.45) is 1.48. The molecule has 1 amide bonds. The van der Waals surface area contributed by atoms with Crippen LogP contribution >= 0.6 is 11.6 Å². The van der Waals surface area contributed by atoms with Gasteiger partial charge in [0.05, 0.1) is 18.2 Å². The first-order valence-electron chi connectivity index (χ1n) is 8.71. The molecule has 0 atom stereocenters. The van der Waals surface area contributed by atoms with E-state index < -0.39 is 5.41 Å². The lowest BCUT2D eigenvalue weighted by molar-refractivity contribution is -0.118. The number of methoxy groups -OCH3 is 1. The number of ether oxygens (including phenoxy) is 1. The second kappa shape index (κ2) is 6.74. The maximum Gasteiger partial charge on any atom is 0.236 e. The van der Waals surface area contributed by atoms with Crippen LogP contribution in [0.15, 0.2) is 53.1 Å². The summed E-state index contributed by atoms with van der Waals surface area (Å²) < 4.78 is 10.8. The lowest BCUT2D eigenvalue weighted by atomic mass is 10.00. The fraction of sp³-hybridized carbons (Fsp3) is 0.238. The summed E-state index contributed by atoms with van der Waals surface area (Å²) in [5.41, 5.74) is 2.51. The van der Waals surface area contributed by atoms with Crippen molar-refractivity contribution in [1.29, 1.82) is 0 Å². The van der Waals surface area contributed by atoms with Gasteiger partial charge in [0, 0.05) is 22.3 Å². The van der Waals surface area contributed by atoms with Crippen LogP contribution in [-0.4, -0.2) is 18.2 Å². The van der Waals surface area contributed by atoms with Gasteiger partial charge in [0.1, 0.15) is 5.75 Å². The van der Waals surface area contributed by atoms with Gasteiger partial charge in [-0.05, 0) is 49.6 Å². The minimum atomic E-state index is -0.641. The van der Waals surface area contributed by atoms with Gasteiger partial charge in [-0.3, -0.25) is 4.79 Å². The minimum absolute atomic E-state index is 0.0899. The summed E-state index contributed by atoms with van der Waals surface area (Å²) in [6, 6.07) is 14.9. The Kier molecular flexibility index (Phi) is 4.40. The zero-order valence-electron chi connectivity index (χ0n) is 15.1. The average molecular weight is 383 g/mol. The molecule has 1 aromatic heterocycles. The van der Waals surface area contributed by atoms with Crippen LogP contribution in [-0.2, 0) is 10.2 Å². The van der Waals surface area contributed by atoms with E-state index in [-0.39, 0.29) is 5.91 Å². The molecule has 138 valence electrons. The van der Waals surface area contributed by atoms with Crippen LogP contribution in [0.3, 0.4) is 0 Å². The monoisotopic (exact) mass is 382 g/mol. The number of benzene rings is 2. The summed E-state index contributed by atoms with van der Waals surface area (Å²) >= 11 is 6.15. The highest BCUT2D eigenvalue weighted by Gasteiger charge is 2.53. The first kappa shape index (κ1) is 17.6. The SMILES string of the molecule is COc1cccc(-c2cc(C3(C(=O)Nc4ccc(C)c(Cl)c4)CC3)no2)c1. The van der Waals surface area contributed by atoms with Crippen LogP contribution in [0.1, 0.15) is 24.1 Å². The Bertz CT molecular complexity index is 1010. The largest absolute Gasteiger partial charge is 0.497 e. The first-order valence-corrected chi connectivity index (χ1v) is 9.09. The van der Waals surface area contributed by atoms with Crippen LogP contribution in [0.5, 0.6) is 5.75 Å². The van der Waals surface area contributed by atoms with Crippen molar-refractivity contribution in [2.45, 2.75) is 25.2 Å². The summed E-state index contributed by atoms with van der Waals surface area (Å²) in [7, 11) is 1.62. The van der Waals surface area contributed by atoms with E-state index in [1.165, 1.54) is 0 Å². The zero-order valence-corrected chi connectivity index (χ0v) is 15.8. The quantitative estimate of drug-likeness (QED) is 0.675. The molecule has 3 aromatic rings. The molecule has 0 aliphatic heterocycles. The lowest BCUT2D eigenvalue weighted by Gasteiger charge is -2.13. The van der Waals surface area contributed by atoms with Gasteiger partial charge in [0.2, 0.25) is 5.91 Å². The first-order chi connectivity index (χ1) is 13.0. The molecule has 0 saturated heterocycles. The maximum absolute atomic E-state index is 12.9. The molecule has 1 aliphatic rings. The van der Waals surface area contributed by atoms with Crippen molar-refractivity contribution in [3.63, 3.8) is 0 Å². The standard InChI is InChI=1S/C21H19ClN2O3/c1-13-6-7-15(11-17(13)22)23-20(25)21(8-9-21)19-12-18(27-24-19)14-4-3-5-16(10-14)26-2/h3-7,10-12H,8-9H2,1-2H3,(H,23,25). The van der Waals surface area contributed by atoms with Crippen molar-refractivity contribution in [3.8, 4) is 17.1 Å². The molecule has 6 heteroatoms. The number of anilines is 1. The molecule has 0 spiro atoms. The number of halogens is 1. The predicted octanol–water partition coefficient (Wildman–Crippen LogP) is 4.98. The second-order valence-corrected chi connectivity index (χ2v) is 7.22. The fourth-order valence-corrected chi connectivity index (χ4v) is 3.24. The normalized spacial score (nSPS) is 14.6. The number of hydrogen-bond acceptors (Lipinski definition) is 4. The Hall–Kier alpha value is -2.79. The fourth-order valence-electron chi connectivity index (χ4n) is 3.06. The van der Waals surface area contributed by atoms with Gasteiger partial charge in [-0.25, -0.2) is 0 Å². The topological polar surface area (TPSA) is 64.4 Å². The number of amides is 1. The lowest BCUT2D eigenvalue weighted by Crippen LogP contribution is -2.28. The van der Waals surface area contributed by atoms with Gasteiger partial charge in [0.15, 0.2) is 5.76 Å². The summed E-state index contributed by atoms with van der Waals surface area (Å²) in [5.74, 6) is 1.26. The molecule has 4 rings (SSSR count). The Morgan fingerprint density at radius 1 is 1.22 bits per heavy atom. The molecule has 1 N–H and O–H groups in total. The van der Waals surface area contributed by atoms with Gasteiger partial charge in [0.25, 0.3) is 0 Å². The third-order valence-electron chi connectivity index (χ3n) is 4.97. The molecular formula is C21H19ClN2O3. The van der Waals surface area contributed by atoms with Gasteiger partial charge in [-0.1, -0.05) is 35.0 Å². The number of hydrogen-bond donors (Lipinski definition) is 1.